The first-order chi connectivity index (χ1) is 9.09. The van der Waals surface area contributed by atoms with E-state index >= 15 is 0 Å². The van der Waals surface area contributed by atoms with Gasteiger partial charge in [-0.25, -0.2) is 0 Å². The van der Waals surface area contributed by atoms with Crippen LogP contribution in [0.3, 0.4) is 0 Å². The number of rotatable bonds is 7. The van der Waals surface area contributed by atoms with Gasteiger partial charge in [0.15, 0.2) is 0 Å². The van der Waals surface area contributed by atoms with Crippen molar-refractivity contribution < 1.29 is 9.59 Å². The molecule has 0 bridgehead atoms. The van der Waals surface area contributed by atoms with E-state index in [2.05, 4.69) is 10.6 Å². The molecule has 0 aliphatic rings. The van der Waals surface area contributed by atoms with Gasteiger partial charge in [0.25, 0.3) is 0 Å². The summed E-state index contributed by atoms with van der Waals surface area (Å²) in [6, 6.07) is 9.40. The van der Waals surface area contributed by atoms with Crippen LogP contribution in [0.1, 0.15) is 18.9 Å². The molecular formula is C14H21N3O2. The molecule has 0 spiro atoms. The van der Waals surface area contributed by atoms with Crippen LogP contribution in [0.25, 0.3) is 0 Å². The molecule has 1 aromatic carbocycles. The van der Waals surface area contributed by atoms with Crippen LogP contribution in [0.15, 0.2) is 30.3 Å². The molecule has 1 atom stereocenters. The first-order valence-electron chi connectivity index (χ1n) is 6.41. The lowest BCUT2D eigenvalue weighted by Gasteiger charge is -2.12. The second-order valence-corrected chi connectivity index (χ2v) is 4.40. The average molecular weight is 263 g/mol. The van der Waals surface area contributed by atoms with Crippen molar-refractivity contribution in [3.63, 3.8) is 0 Å². The summed E-state index contributed by atoms with van der Waals surface area (Å²) in [4.78, 5) is 22.3. The minimum atomic E-state index is -0.516. The van der Waals surface area contributed by atoms with Crippen molar-refractivity contribution in [2.24, 2.45) is 5.73 Å². The van der Waals surface area contributed by atoms with Crippen molar-refractivity contribution in [1.82, 2.24) is 10.6 Å². The fourth-order valence-corrected chi connectivity index (χ4v) is 1.65. The van der Waals surface area contributed by atoms with E-state index in [4.69, 9.17) is 5.73 Å². The Bertz CT molecular complexity index is 406. The molecule has 1 rings (SSSR count). The predicted octanol–water partition coefficient (Wildman–Crippen LogP) is 0.199. The Morgan fingerprint density at radius 1 is 1.16 bits per heavy atom. The van der Waals surface area contributed by atoms with Crippen molar-refractivity contribution in [3.05, 3.63) is 35.9 Å². The highest BCUT2D eigenvalue weighted by Crippen LogP contribution is 2.03. The first kappa shape index (κ1) is 15.2. The van der Waals surface area contributed by atoms with Crippen LogP contribution >= 0.6 is 0 Å². The van der Waals surface area contributed by atoms with Crippen LogP contribution in [0.5, 0.6) is 0 Å². The van der Waals surface area contributed by atoms with Crippen molar-refractivity contribution in [1.29, 1.82) is 0 Å². The lowest BCUT2D eigenvalue weighted by Crippen LogP contribution is -2.43. The van der Waals surface area contributed by atoms with Gasteiger partial charge in [-0.05, 0) is 18.4 Å². The molecule has 0 unspecified atom stereocenters. The van der Waals surface area contributed by atoms with Crippen LogP contribution in [-0.2, 0) is 16.0 Å². The summed E-state index contributed by atoms with van der Waals surface area (Å²) >= 11 is 0. The maximum Gasteiger partial charge on any atom is 0.236 e. The highest BCUT2D eigenvalue weighted by atomic mass is 16.2. The van der Waals surface area contributed by atoms with Crippen molar-refractivity contribution in [2.45, 2.75) is 25.8 Å². The predicted molar refractivity (Wildman–Crippen MR) is 74.4 cm³/mol. The molecule has 0 saturated heterocycles. The fraction of sp³-hybridized carbons (Fsp3) is 0.429. The number of hydrogen-bond acceptors (Lipinski definition) is 3. The van der Waals surface area contributed by atoms with Crippen LogP contribution in [0.2, 0.25) is 0 Å². The summed E-state index contributed by atoms with van der Waals surface area (Å²) in [6.45, 7) is 2.26. The SMILES string of the molecule is CC(=O)NCCNC(=O)[C@@H](N)CCc1ccccc1. The molecule has 0 aliphatic heterocycles. The van der Waals surface area contributed by atoms with E-state index in [1.54, 1.807) is 0 Å². The Balaban J connectivity index is 2.20. The van der Waals surface area contributed by atoms with Gasteiger partial charge in [-0.2, -0.15) is 0 Å². The van der Waals surface area contributed by atoms with Crippen molar-refractivity contribution >= 4 is 11.8 Å². The molecule has 104 valence electrons. The lowest BCUT2D eigenvalue weighted by molar-refractivity contribution is -0.123. The number of benzene rings is 1. The van der Waals surface area contributed by atoms with Crippen molar-refractivity contribution in [2.75, 3.05) is 13.1 Å². The zero-order valence-electron chi connectivity index (χ0n) is 11.2. The summed E-state index contributed by atoms with van der Waals surface area (Å²) in [7, 11) is 0. The van der Waals surface area contributed by atoms with Crippen LogP contribution in [0, 0.1) is 0 Å². The van der Waals surface area contributed by atoms with Gasteiger partial charge in [0, 0.05) is 20.0 Å². The molecule has 0 heterocycles. The van der Waals surface area contributed by atoms with E-state index in [9.17, 15) is 9.59 Å². The molecule has 5 heteroatoms. The van der Waals surface area contributed by atoms with E-state index < -0.39 is 6.04 Å². The Morgan fingerprint density at radius 2 is 1.79 bits per heavy atom. The molecule has 0 radical (unpaired) electrons. The normalized spacial score (nSPS) is 11.7. The Morgan fingerprint density at radius 3 is 2.42 bits per heavy atom. The molecule has 1 aromatic rings. The zero-order valence-corrected chi connectivity index (χ0v) is 11.2. The number of aryl methyl sites for hydroxylation is 1. The number of nitrogens with two attached hydrogens (primary N) is 1. The average Bonchev–Trinajstić information content (AvgIpc) is 2.41. The molecule has 5 nitrogen and oxygen atoms in total. The van der Waals surface area contributed by atoms with E-state index in [-0.39, 0.29) is 11.8 Å². The number of carbonyl (C=O) groups is 2. The summed E-state index contributed by atoms with van der Waals surface area (Å²) < 4.78 is 0. The monoisotopic (exact) mass is 263 g/mol. The third-order valence-electron chi connectivity index (χ3n) is 2.72. The van der Waals surface area contributed by atoms with Gasteiger partial charge < -0.3 is 16.4 Å². The fourth-order valence-electron chi connectivity index (χ4n) is 1.65. The van der Waals surface area contributed by atoms with Gasteiger partial charge in [-0.3, -0.25) is 9.59 Å². The van der Waals surface area contributed by atoms with Crippen molar-refractivity contribution in [3.8, 4) is 0 Å². The van der Waals surface area contributed by atoms with E-state index in [0.717, 1.165) is 6.42 Å². The third-order valence-corrected chi connectivity index (χ3v) is 2.72. The second-order valence-electron chi connectivity index (χ2n) is 4.40. The number of nitrogens with one attached hydrogen (secondary N) is 2. The van der Waals surface area contributed by atoms with Gasteiger partial charge in [-0.15, -0.1) is 0 Å². The first-order valence-corrected chi connectivity index (χ1v) is 6.41. The maximum atomic E-state index is 11.7. The molecule has 0 fully saturated rings. The number of hydrogen-bond donors (Lipinski definition) is 3. The summed E-state index contributed by atoms with van der Waals surface area (Å²) in [5.41, 5.74) is 6.98. The van der Waals surface area contributed by atoms with Gasteiger partial charge >= 0.3 is 0 Å². The largest absolute Gasteiger partial charge is 0.355 e. The molecule has 0 aliphatic carbocycles. The zero-order chi connectivity index (χ0) is 14.1. The molecule has 0 aromatic heterocycles. The summed E-state index contributed by atoms with van der Waals surface area (Å²) in [5, 5.41) is 5.30. The van der Waals surface area contributed by atoms with Gasteiger partial charge in [-0.1, -0.05) is 30.3 Å². The molecule has 2 amide bonds. The molecular weight excluding hydrogens is 242 g/mol. The Hall–Kier alpha value is -1.88. The Labute approximate surface area is 113 Å². The summed E-state index contributed by atoms with van der Waals surface area (Å²) in [6.07, 6.45) is 1.39. The minimum absolute atomic E-state index is 0.109. The highest BCUT2D eigenvalue weighted by Gasteiger charge is 2.12. The Kier molecular flexibility index (Phi) is 6.60. The van der Waals surface area contributed by atoms with Crippen LogP contribution < -0.4 is 16.4 Å². The smallest absolute Gasteiger partial charge is 0.236 e. The number of amides is 2. The topological polar surface area (TPSA) is 84.2 Å². The van der Waals surface area contributed by atoms with Crippen LogP contribution in [-0.4, -0.2) is 30.9 Å². The van der Waals surface area contributed by atoms with Gasteiger partial charge in [0.2, 0.25) is 11.8 Å². The highest BCUT2D eigenvalue weighted by molar-refractivity contribution is 5.81. The maximum absolute atomic E-state index is 11.7. The quantitative estimate of drug-likeness (QED) is 0.614. The molecule has 0 saturated carbocycles. The van der Waals surface area contributed by atoms with E-state index in [1.165, 1.54) is 12.5 Å². The molecule has 19 heavy (non-hydrogen) atoms. The van der Waals surface area contributed by atoms with Gasteiger partial charge in [0.05, 0.1) is 6.04 Å². The summed E-state index contributed by atoms with van der Waals surface area (Å²) in [5.74, 6) is -0.288. The number of carbonyl (C=O) groups excluding carboxylic acids is 2. The second kappa shape index (κ2) is 8.26. The van der Waals surface area contributed by atoms with E-state index in [0.29, 0.717) is 19.5 Å². The lowest BCUT2D eigenvalue weighted by atomic mass is 10.1. The molecule has 4 N–H and O–H groups in total. The minimum Gasteiger partial charge on any atom is -0.355 e. The van der Waals surface area contributed by atoms with Gasteiger partial charge in [0.1, 0.15) is 0 Å². The van der Waals surface area contributed by atoms with Crippen LogP contribution in [0.4, 0.5) is 0 Å². The third kappa shape index (κ3) is 6.57. The standard InChI is InChI=1S/C14H21N3O2/c1-11(18)16-9-10-17-14(19)13(15)8-7-12-5-3-2-4-6-12/h2-6,13H,7-10,15H2,1H3,(H,16,18)(H,17,19)/t13-/m0/s1. The van der Waals surface area contributed by atoms with E-state index in [1.807, 2.05) is 30.3 Å².